The van der Waals surface area contributed by atoms with Crippen LogP contribution in [0.5, 0.6) is 0 Å². The van der Waals surface area contributed by atoms with Gasteiger partial charge >= 0.3 is 0 Å². The molecule has 1 aliphatic heterocycles. The van der Waals surface area contributed by atoms with Gasteiger partial charge in [-0.15, -0.1) is 0 Å². The minimum absolute atomic E-state index is 0.0616. The van der Waals surface area contributed by atoms with Crippen LogP contribution in [0.2, 0.25) is 0 Å². The highest BCUT2D eigenvalue weighted by molar-refractivity contribution is 5.81. The molecule has 6 heteroatoms. The number of carbonyl (C=O) groups is 1. The Morgan fingerprint density at radius 2 is 2.10 bits per heavy atom. The summed E-state index contributed by atoms with van der Waals surface area (Å²) < 4.78 is 0. The lowest BCUT2D eigenvalue weighted by Gasteiger charge is -2.27. The largest absolute Gasteiger partial charge is 0.322 e. The predicted octanol–water partition coefficient (Wildman–Crippen LogP) is 2.07. The highest BCUT2D eigenvalue weighted by Crippen LogP contribution is 2.25. The smallest absolute Gasteiger partial charge is 0.269 e. The summed E-state index contributed by atoms with van der Waals surface area (Å²) in [7, 11) is 0. The summed E-state index contributed by atoms with van der Waals surface area (Å²) in [5.74, 6) is 0.507. The van der Waals surface area contributed by atoms with Crippen LogP contribution in [0.25, 0.3) is 0 Å². The summed E-state index contributed by atoms with van der Waals surface area (Å²) in [5.41, 5.74) is 0.941. The Labute approximate surface area is 117 Å². The monoisotopic (exact) mass is 277 g/mol. The number of nitrogens with one attached hydrogen (secondary N) is 1. The van der Waals surface area contributed by atoms with Crippen LogP contribution in [-0.2, 0) is 4.79 Å². The molecular formula is C14H19N3O3. The van der Waals surface area contributed by atoms with Gasteiger partial charge in [0.05, 0.1) is 11.5 Å². The normalized spacial score (nSPS) is 20.2. The van der Waals surface area contributed by atoms with E-state index >= 15 is 0 Å². The summed E-state index contributed by atoms with van der Waals surface area (Å²) in [5, 5.41) is 13.8. The predicted molar refractivity (Wildman–Crippen MR) is 75.0 cm³/mol. The summed E-state index contributed by atoms with van der Waals surface area (Å²) in [6.07, 6.45) is 0.828. The SMILES string of the molecule is CCC(C)CN1C(=O)CNC1c1ccc([N+](=O)[O-])cc1. The summed E-state index contributed by atoms with van der Waals surface area (Å²) in [4.78, 5) is 24.0. The average Bonchev–Trinajstić information content (AvgIpc) is 2.80. The molecule has 2 unspecified atom stereocenters. The molecule has 108 valence electrons. The van der Waals surface area contributed by atoms with Crippen LogP contribution in [0.1, 0.15) is 32.0 Å². The zero-order chi connectivity index (χ0) is 14.7. The van der Waals surface area contributed by atoms with E-state index in [1.807, 2.05) is 4.90 Å². The molecule has 0 radical (unpaired) electrons. The molecule has 0 aliphatic carbocycles. The number of benzene rings is 1. The van der Waals surface area contributed by atoms with Crippen molar-refractivity contribution >= 4 is 11.6 Å². The molecule has 0 aromatic heterocycles. The van der Waals surface area contributed by atoms with Crippen LogP contribution in [-0.4, -0.2) is 28.8 Å². The first-order valence-corrected chi connectivity index (χ1v) is 6.80. The van der Waals surface area contributed by atoms with Gasteiger partial charge < -0.3 is 4.90 Å². The number of nitrogens with zero attached hydrogens (tertiary/aromatic N) is 2. The zero-order valence-electron chi connectivity index (χ0n) is 11.7. The third-order valence-corrected chi connectivity index (χ3v) is 3.70. The van der Waals surface area contributed by atoms with Crippen molar-refractivity contribution in [3.63, 3.8) is 0 Å². The molecule has 1 aliphatic rings. The Balaban J connectivity index is 2.17. The van der Waals surface area contributed by atoms with E-state index in [1.54, 1.807) is 12.1 Å². The number of nitro groups is 1. The van der Waals surface area contributed by atoms with E-state index in [9.17, 15) is 14.9 Å². The van der Waals surface area contributed by atoms with Crippen molar-refractivity contribution in [2.24, 2.45) is 5.92 Å². The van der Waals surface area contributed by atoms with Crippen LogP contribution in [0.15, 0.2) is 24.3 Å². The van der Waals surface area contributed by atoms with Gasteiger partial charge in [-0.05, 0) is 23.6 Å². The fraction of sp³-hybridized carbons (Fsp3) is 0.500. The van der Waals surface area contributed by atoms with Crippen molar-refractivity contribution < 1.29 is 9.72 Å². The van der Waals surface area contributed by atoms with Crippen molar-refractivity contribution in [3.8, 4) is 0 Å². The van der Waals surface area contributed by atoms with Crippen LogP contribution < -0.4 is 5.32 Å². The molecule has 2 rings (SSSR count). The maximum absolute atomic E-state index is 11.9. The minimum Gasteiger partial charge on any atom is -0.322 e. The van der Waals surface area contributed by atoms with E-state index in [-0.39, 0.29) is 17.8 Å². The van der Waals surface area contributed by atoms with Gasteiger partial charge in [0.25, 0.3) is 5.69 Å². The van der Waals surface area contributed by atoms with Gasteiger partial charge in [-0.1, -0.05) is 20.3 Å². The first-order valence-electron chi connectivity index (χ1n) is 6.80. The number of carbonyl (C=O) groups excluding carboxylic acids is 1. The number of non-ortho nitro benzene ring substituents is 1. The maximum atomic E-state index is 11.9. The standard InChI is InChI=1S/C14H19N3O3/c1-3-10(2)9-16-13(18)8-15-14(16)11-4-6-12(7-5-11)17(19)20/h4-7,10,14-15H,3,8-9H2,1-2H3. The van der Waals surface area contributed by atoms with E-state index in [1.165, 1.54) is 12.1 Å². The van der Waals surface area contributed by atoms with Crippen molar-refractivity contribution in [2.45, 2.75) is 26.4 Å². The molecule has 20 heavy (non-hydrogen) atoms. The second-order valence-electron chi connectivity index (χ2n) is 5.19. The van der Waals surface area contributed by atoms with Gasteiger partial charge in [-0.25, -0.2) is 0 Å². The Kier molecular flexibility index (Phi) is 4.34. The van der Waals surface area contributed by atoms with Gasteiger partial charge in [0, 0.05) is 18.7 Å². The molecule has 1 N–H and O–H groups in total. The summed E-state index contributed by atoms with van der Waals surface area (Å²) >= 11 is 0. The number of amides is 1. The molecule has 0 saturated carbocycles. The molecule has 0 bridgehead atoms. The lowest BCUT2D eigenvalue weighted by atomic mass is 10.1. The van der Waals surface area contributed by atoms with E-state index < -0.39 is 4.92 Å². The maximum Gasteiger partial charge on any atom is 0.269 e. The van der Waals surface area contributed by atoms with E-state index in [4.69, 9.17) is 0 Å². The lowest BCUT2D eigenvalue weighted by molar-refractivity contribution is -0.384. The van der Waals surface area contributed by atoms with Crippen molar-refractivity contribution in [2.75, 3.05) is 13.1 Å². The Hall–Kier alpha value is -1.95. The molecular weight excluding hydrogens is 258 g/mol. The third-order valence-electron chi connectivity index (χ3n) is 3.70. The van der Waals surface area contributed by atoms with Crippen molar-refractivity contribution in [1.29, 1.82) is 0 Å². The number of nitro benzene ring substituents is 1. The second-order valence-corrected chi connectivity index (χ2v) is 5.19. The van der Waals surface area contributed by atoms with Crippen molar-refractivity contribution in [1.82, 2.24) is 10.2 Å². The van der Waals surface area contributed by atoms with Gasteiger partial charge in [0.1, 0.15) is 6.17 Å². The molecule has 1 saturated heterocycles. The van der Waals surface area contributed by atoms with Crippen molar-refractivity contribution in [3.05, 3.63) is 39.9 Å². The fourth-order valence-corrected chi connectivity index (χ4v) is 2.29. The van der Waals surface area contributed by atoms with E-state index in [0.717, 1.165) is 12.0 Å². The molecule has 1 heterocycles. The quantitative estimate of drug-likeness (QED) is 0.660. The second kappa shape index (κ2) is 6.00. The van der Waals surface area contributed by atoms with E-state index in [2.05, 4.69) is 19.2 Å². The van der Waals surface area contributed by atoms with Crippen LogP contribution in [0, 0.1) is 16.0 Å². The summed E-state index contributed by atoms with van der Waals surface area (Å²) in [6, 6.07) is 6.36. The molecule has 2 atom stereocenters. The summed E-state index contributed by atoms with van der Waals surface area (Å²) in [6.45, 7) is 5.22. The van der Waals surface area contributed by atoms with Gasteiger partial charge in [-0.2, -0.15) is 0 Å². The van der Waals surface area contributed by atoms with Crippen LogP contribution >= 0.6 is 0 Å². The highest BCUT2D eigenvalue weighted by Gasteiger charge is 2.32. The first kappa shape index (κ1) is 14.5. The topological polar surface area (TPSA) is 75.5 Å². The number of hydrogen-bond acceptors (Lipinski definition) is 4. The number of hydrogen-bond donors (Lipinski definition) is 1. The van der Waals surface area contributed by atoms with Gasteiger partial charge in [0.15, 0.2) is 0 Å². The Morgan fingerprint density at radius 1 is 1.45 bits per heavy atom. The van der Waals surface area contributed by atoms with Gasteiger partial charge in [0.2, 0.25) is 5.91 Å². The molecule has 0 spiro atoms. The first-order chi connectivity index (χ1) is 9.52. The fourth-order valence-electron chi connectivity index (χ4n) is 2.29. The molecule has 1 aromatic carbocycles. The molecule has 1 aromatic rings. The molecule has 6 nitrogen and oxygen atoms in total. The molecule has 1 amide bonds. The van der Waals surface area contributed by atoms with Crippen LogP contribution in [0.3, 0.4) is 0 Å². The molecule has 1 fully saturated rings. The minimum atomic E-state index is -0.423. The zero-order valence-corrected chi connectivity index (χ0v) is 11.7. The average molecular weight is 277 g/mol. The highest BCUT2D eigenvalue weighted by atomic mass is 16.6. The number of rotatable bonds is 5. The third kappa shape index (κ3) is 2.96. The van der Waals surface area contributed by atoms with Gasteiger partial charge in [-0.3, -0.25) is 20.2 Å². The van der Waals surface area contributed by atoms with Crippen LogP contribution in [0.4, 0.5) is 5.69 Å². The Morgan fingerprint density at radius 3 is 2.65 bits per heavy atom. The Bertz CT molecular complexity index is 501. The van der Waals surface area contributed by atoms with E-state index in [0.29, 0.717) is 19.0 Å². The lowest BCUT2D eigenvalue weighted by Crippen LogP contribution is -2.33.